The van der Waals surface area contributed by atoms with Crippen molar-refractivity contribution in [2.75, 3.05) is 41.2 Å². The van der Waals surface area contributed by atoms with Crippen molar-refractivity contribution in [1.29, 1.82) is 0 Å². The largest absolute Gasteiger partial charge is 0.499 e. The lowest BCUT2D eigenvalue weighted by Gasteiger charge is -2.24. The fraction of sp³-hybridized carbons (Fsp3) is 0.818. The molecule has 7 heteroatoms. The topological polar surface area (TPSA) is 46.2 Å². The Bertz CT molecular complexity index is 213. The van der Waals surface area contributed by atoms with Crippen LogP contribution in [0.2, 0.25) is 12.1 Å². The van der Waals surface area contributed by atoms with E-state index in [0.29, 0.717) is 19.8 Å². The maximum absolute atomic E-state index is 5.58. The van der Waals surface area contributed by atoms with E-state index >= 15 is 0 Å². The average Bonchev–Trinajstić information content (AvgIpc) is 2.38. The predicted molar refractivity (Wildman–Crippen MR) is 76.5 cm³/mol. The van der Waals surface area contributed by atoms with Crippen molar-refractivity contribution in [1.82, 2.24) is 0 Å². The molecule has 0 aliphatic heterocycles. The Balaban J connectivity index is 3.47. The first-order valence-corrected chi connectivity index (χ1v) is 9.56. The van der Waals surface area contributed by atoms with Crippen molar-refractivity contribution in [2.45, 2.75) is 19.0 Å². The van der Waals surface area contributed by atoms with Gasteiger partial charge in [-0.1, -0.05) is 12.2 Å². The molecule has 0 rings (SSSR count). The number of ether oxygens (including phenoxy) is 1. The summed E-state index contributed by atoms with van der Waals surface area (Å²) in [4.78, 5) is 0. The molecule has 0 amide bonds. The maximum Gasteiger partial charge on any atom is 0.499 e. The summed E-state index contributed by atoms with van der Waals surface area (Å²) in [5.74, 6) is 0. The Kier molecular flexibility index (Phi) is 10.8. The Hall–Kier alpha value is -0.0262. The monoisotopic (exact) mass is 294 g/mol. The summed E-state index contributed by atoms with van der Waals surface area (Å²) >= 11 is 0. The molecule has 0 aromatic heterocycles. The standard InChI is InChI=1S/C11H26O5Si2/c1-11(2)10-15-6-7-16-17-8-9-18(12-3,13-4)14-5/h1,6-10,17H2,2-5H3. The van der Waals surface area contributed by atoms with E-state index in [1.165, 1.54) is 0 Å². The van der Waals surface area contributed by atoms with Gasteiger partial charge in [0.2, 0.25) is 0 Å². The second-order valence-corrected chi connectivity index (χ2v) is 8.64. The summed E-state index contributed by atoms with van der Waals surface area (Å²) in [6.07, 6.45) is 0. The zero-order valence-corrected chi connectivity index (χ0v) is 14.4. The van der Waals surface area contributed by atoms with Gasteiger partial charge in [-0.2, -0.15) is 0 Å². The molecule has 0 spiro atoms. The van der Waals surface area contributed by atoms with E-state index in [-0.39, 0.29) is 0 Å². The summed E-state index contributed by atoms with van der Waals surface area (Å²) in [5, 5.41) is 0. The van der Waals surface area contributed by atoms with Crippen LogP contribution in [0.3, 0.4) is 0 Å². The lowest BCUT2D eigenvalue weighted by molar-refractivity contribution is 0.117. The van der Waals surface area contributed by atoms with Gasteiger partial charge >= 0.3 is 8.80 Å². The molecule has 0 fully saturated rings. The van der Waals surface area contributed by atoms with Crippen LogP contribution in [-0.4, -0.2) is 59.7 Å². The molecule has 0 bridgehead atoms. The van der Waals surface area contributed by atoms with Crippen LogP contribution in [0.5, 0.6) is 0 Å². The van der Waals surface area contributed by atoms with E-state index in [2.05, 4.69) is 6.58 Å². The Morgan fingerprint density at radius 3 is 2.22 bits per heavy atom. The molecule has 5 nitrogen and oxygen atoms in total. The van der Waals surface area contributed by atoms with Gasteiger partial charge in [0.05, 0.1) is 19.8 Å². The van der Waals surface area contributed by atoms with Crippen LogP contribution in [0, 0.1) is 0 Å². The number of rotatable bonds is 12. The first-order chi connectivity index (χ1) is 8.60. The van der Waals surface area contributed by atoms with Gasteiger partial charge in [0.15, 0.2) is 9.76 Å². The molecule has 0 N–H and O–H groups in total. The number of hydrogen-bond acceptors (Lipinski definition) is 5. The van der Waals surface area contributed by atoms with E-state index in [9.17, 15) is 0 Å². The van der Waals surface area contributed by atoms with Gasteiger partial charge in [-0.25, -0.2) is 0 Å². The normalized spacial score (nSPS) is 12.4. The highest BCUT2D eigenvalue weighted by atomic mass is 28.4. The van der Waals surface area contributed by atoms with Crippen LogP contribution in [0.1, 0.15) is 6.92 Å². The Morgan fingerprint density at radius 2 is 1.72 bits per heavy atom. The van der Waals surface area contributed by atoms with Gasteiger partial charge < -0.3 is 22.4 Å². The van der Waals surface area contributed by atoms with Crippen LogP contribution in [0.15, 0.2) is 12.2 Å². The third-order valence-electron chi connectivity index (χ3n) is 2.43. The fourth-order valence-corrected chi connectivity index (χ4v) is 5.36. The summed E-state index contributed by atoms with van der Waals surface area (Å²) in [6.45, 7) is 7.60. The minimum atomic E-state index is -2.40. The van der Waals surface area contributed by atoms with Crippen LogP contribution in [-0.2, 0) is 22.4 Å². The molecular formula is C11H26O5Si2. The van der Waals surface area contributed by atoms with Crippen LogP contribution in [0.4, 0.5) is 0 Å². The summed E-state index contributed by atoms with van der Waals surface area (Å²) in [7, 11) is 1.95. The highest BCUT2D eigenvalue weighted by Gasteiger charge is 2.36. The fourth-order valence-electron chi connectivity index (χ4n) is 1.41. The molecule has 0 aromatic carbocycles. The minimum Gasteiger partial charge on any atom is -0.422 e. The van der Waals surface area contributed by atoms with Gasteiger partial charge in [0, 0.05) is 27.4 Å². The Labute approximate surface area is 114 Å². The molecule has 0 aromatic rings. The van der Waals surface area contributed by atoms with Gasteiger partial charge in [0.1, 0.15) is 0 Å². The van der Waals surface area contributed by atoms with Gasteiger partial charge in [-0.3, -0.25) is 0 Å². The van der Waals surface area contributed by atoms with Crippen LogP contribution < -0.4 is 0 Å². The zero-order chi connectivity index (χ0) is 13.9. The summed E-state index contributed by atoms with van der Waals surface area (Å²) in [5.41, 5.74) is 1.03. The van der Waals surface area contributed by atoms with E-state index in [0.717, 1.165) is 17.7 Å². The number of hydrogen-bond donors (Lipinski definition) is 0. The maximum atomic E-state index is 5.58. The van der Waals surface area contributed by atoms with Crippen molar-refractivity contribution in [2.24, 2.45) is 0 Å². The molecule has 108 valence electrons. The smallest absolute Gasteiger partial charge is 0.422 e. The second-order valence-electron chi connectivity index (χ2n) is 4.02. The molecule has 0 unspecified atom stereocenters. The van der Waals surface area contributed by atoms with E-state index in [1.807, 2.05) is 6.92 Å². The minimum absolute atomic E-state index is 0.552. The Morgan fingerprint density at radius 1 is 1.11 bits per heavy atom. The molecule has 0 saturated heterocycles. The first kappa shape index (κ1) is 18.0. The molecule has 0 atom stereocenters. The molecule has 0 radical (unpaired) electrons. The lowest BCUT2D eigenvalue weighted by Crippen LogP contribution is -2.42. The predicted octanol–water partition coefficient (Wildman–Crippen LogP) is 0.976. The second kappa shape index (κ2) is 10.9. The van der Waals surface area contributed by atoms with Gasteiger partial charge in [-0.05, 0) is 13.0 Å². The van der Waals surface area contributed by atoms with Gasteiger partial charge in [0.25, 0.3) is 0 Å². The van der Waals surface area contributed by atoms with Crippen molar-refractivity contribution < 1.29 is 22.4 Å². The third-order valence-corrected chi connectivity index (χ3v) is 7.18. The van der Waals surface area contributed by atoms with Crippen molar-refractivity contribution in [3.8, 4) is 0 Å². The van der Waals surface area contributed by atoms with E-state index < -0.39 is 18.6 Å². The van der Waals surface area contributed by atoms with E-state index in [1.54, 1.807) is 21.3 Å². The quantitative estimate of drug-likeness (QED) is 0.305. The molecule has 0 aliphatic carbocycles. The third kappa shape index (κ3) is 8.14. The molecule has 0 saturated carbocycles. The molecule has 18 heavy (non-hydrogen) atoms. The van der Waals surface area contributed by atoms with Gasteiger partial charge in [-0.15, -0.1) is 0 Å². The molecular weight excluding hydrogens is 268 g/mol. The highest BCUT2D eigenvalue weighted by Crippen LogP contribution is 2.14. The van der Waals surface area contributed by atoms with Crippen LogP contribution >= 0.6 is 0 Å². The first-order valence-electron chi connectivity index (χ1n) is 6.05. The van der Waals surface area contributed by atoms with Crippen molar-refractivity contribution in [3.05, 3.63) is 12.2 Å². The highest BCUT2D eigenvalue weighted by molar-refractivity contribution is 6.61. The SMILES string of the molecule is C=C(C)COCCO[SiH2]CC[Si](OC)(OC)OC. The molecule has 0 aliphatic rings. The zero-order valence-electron chi connectivity index (χ0n) is 12.0. The summed E-state index contributed by atoms with van der Waals surface area (Å²) < 4.78 is 26.9. The summed E-state index contributed by atoms with van der Waals surface area (Å²) in [6, 6.07) is 1.80. The van der Waals surface area contributed by atoms with Crippen molar-refractivity contribution in [3.63, 3.8) is 0 Å². The lowest BCUT2D eigenvalue weighted by atomic mass is 10.4. The van der Waals surface area contributed by atoms with Crippen molar-refractivity contribution >= 4 is 18.6 Å². The van der Waals surface area contributed by atoms with Crippen LogP contribution in [0.25, 0.3) is 0 Å². The average molecular weight is 294 g/mol. The van der Waals surface area contributed by atoms with E-state index in [4.69, 9.17) is 22.4 Å². The molecule has 0 heterocycles.